The number of hydrogen-bond acceptors (Lipinski definition) is 3. The van der Waals surface area contributed by atoms with Crippen molar-refractivity contribution in [3.05, 3.63) is 59.4 Å². The van der Waals surface area contributed by atoms with Gasteiger partial charge in [-0.05, 0) is 42.8 Å². The second-order valence-electron chi connectivity index (χ2n) is 4.72. The van der Waals surface area contributed by atoms with E-state index in [1.54, 1.807) is 11.8 Å². The first-order chi connectivity index (χ1) is 10.1. The van der Waals surface area contributed by atoms with Gasteiger partial charge in [-0.2, -0.15) is 5.26 Å². The average Bonchev–Trinajstić information content (AvgIpc) is 2.81. The number of thioether (sulfide) groups is 1. The van der Waals surface area contributed by atoms with Crippen LogP contribution >= 0.6 is 11.8 Å². The molecule has 2 aromatic rings. The molecule has 2 aromatic carbocycles. The Balaban J connectivity index is 2.11. The molecule has 0 aliphatic carbocycles. The first-order valence-electron chi connectivity index (χ1n) is 6.62. The molecule has 0 spiro atoms. The molecule has 0 fully saturated rings. The van der Waals surface area contributed by atoms with Crippen molar-refractivity contribution < 1.29 is 4.39 Å². The van der Waals surface area contributed by atoms with E-state index in [9.17, 15) is 9.65 Å². The van der Waals surface area contributed by atoms with Gasteiger partial charge in [0.05, 0.1) is 22.3 Å². The zero-order valence-electron chi connectivity index (χ0n) is 11.6. The molecule has 0 saturated carbocycles. The van der Waals surface area contributed by atoms with Gasteiger partial charge in [0.25, 0.3) is 0 Å². The summed E-state index contributed by atoms with van der Waals surface area (Å²) >= 11 is 1.61. The molecule has 1 heterocycles. The zero-order valence-corrected chi connectivity index (χ0v) is 12.4. The van der Waals surface area contributed by atoms with Crippen LogP contribution in [-0.2, 0) is 0 Å². The normalized spacial score (nSPS) is 13.2. The number of hydrogen-bond donors (Lipinski definition) is 0. The quantitative estimate of drug-likeness (QED) is 0.799. The number of nitriles is 1. The number of rotatable bonds is 2. The molecule has 0 unspecified atom stereocenters. The molecule has 0 radical (unpaired) electrons. The summed E-state index contributed by atoms with van der Waals surface area (Å²) in [6.45, 7) is 6.99. The van der Waals surface area contributed by atoms with Crippen LogP contribution in [0.15, 0.2) is 52.9 Å². The van der Waals surface area contributed by atoms with Crippen molar-refractivity contribution in [1.82, 2.24) is 0 Å². The maximum Gasteiger partial charge on any atom is 0.123 e. The fourth-order valence-electron chi connectivity index (χ4n) is 2.50. The van der Waals surface area contributed by atoms with Gasteiger partial charge in [-0.1, -0.05) is 24.4 Å². The molecule has 3 rings (SSSR count). The average molecular weight is 296 g/mol. The summed E-state index contributed by atoms with van der Waals surface area (Å²) in [7, 11) is 0. The number of benzene rings is 2. The second-order valence-corrected chi connectivity index (χ2v) is 5.84. The van der Waals surface area contributed by atoms with Gasteiger partial charge in [-0.3, -0.25) is 0 Å². The molecule has 0 amide bonds. The molecular formula is C17H13FN2S. The van der Waals surface area contributed by atoms with Crippen LogP contribution in [0.4, 0.5) is 10.1 Å². The number of fused-ring (bicyclic) bond motifs is 1. The summed E-state index contributed by atoms with van der Waals surface area (Å²) in [4.78, 5) is 3.23. The Morgan fingerprint density at radius 3 is 2.81 bits per heavy atom. The highest BCUT2D eigenvalue weighted by atomic mass is 32.2. The minimum atomic E-state index is -0.336. The van der Waals surface area contributed by atoms with Gasteiger partial charge in [0, 0.05) is 17.0 Å². The lowest BCUT2D eigenvalue weighted by molar-refractivity contribution is 0.628. The molecule has 0 bridgehead atoms. The lowest BCUT2D eigenvalue weighted by Crippen LogP contribution is -2.15. The Morgan fingerprint density at radius 1 is 1.29 bits per heavy atom. The monoisotopic (exact) mass is 296 g/mol. The van der Waals surface area contributed by atoms with Crippen LogP contribution in [-0.4, -0.2) is 6.54 Å². The van der Waals surface area contributed by atoms with Gasteiger partial charge in [-0.15, -0.1) is 0 Å². The summed E-state index contributed by atoms with van der Waals surface area (Å²) in [5.74, 6) is -0.336. The zero-order chi connectivity index (χ0) is 15.0. The molecule has 0 atom stereocenters. The van der Waals surface area contributed by atoms with E-state index in [-0.39, 0.29) is 5.82 Å². The fraction of sp³-hybridized carbons (Fsp3) is 0.118. The summed E-state index contributed by atoms with van der Waals surface area (Å²) in [5, 5.41) is 10.2. The smallest absolute Gasteiger partial charge is 0.123 e. The Hall–Kier alpha value is -2.25. The van der Waals surface area contributed by atoms with Crippen molar-refractivity contribution in [1.29, 1.82) is 5.26 Å². The van der Waals surface area contributed by atoms with E-state index in [1.807, 2.05) is 18.2 Å². The van der Waals surface area contributed by atoms with E-state index >= 15 is 0 Å². The van der Waals surface area contributed by atoms with Crippen LogP contribution in [0.1, 0.15) is 12.5 Å². The molecule has 0 saturated heterocycles. The van der Waals surface area contributed by atoms with Crippen LogP contribution in [0.25, 0.3) is 11.1 Å². The summed E-state index contributed by atoms with van der Waals surface area (Å²) in [6.07, 6.45) is 0. The molecule has 4 heteroatoms. The van der Waals surface area contributed by atoms with Crippen LogP contribution in [0, 0.1) is 17.1 Å². The van der Waals surface area contributed by atoms with E-state index in [1.165, 1.54) is 18.2 Å². The van der Waals surface area contributed by atoms with Crippen molar-refractivity contribution >= 4 is 17.4 Å². The van der Waals surface area contributed by atoms with Crippen LogP contribution in [0.2, 0.25) is 0 Å². The van der Waals surface area contributed by atoms with Gasteiger partial charge in [0.2, 0.25) is 0 Å². The molecular weight excluding hydrogens is 283 g/mol. The summed E-state index contributed by atoms with van der Waals surface area (Å²) in [5.41, 5.74) is 3.07. The first-order valence-corrected chi connectivity index (χ1v) is 7.44. The van der Waals surface area contributed by atoms with Crippen molar-refractivity contribution in [2.75, 3.05) is 11.4 Å². The lowest BCUT2D eigenvalue weighted by atomic mass is 10.00. The second kappa shape index (κ2) is 5.27. The first kappa shape index (κ1) is 13.7. The van der Waals surface area contributed by atoms with Crippen LogP contribution in [0.3, 0.4) is 0 Å². The fourth-order valence-corrected chi connectivity index (χ4v) is 3.56. The molecule has 0 aromatic heterocycles. The number of halogens is 1. The summed E-state index contributed by atoms with van der Waals surface area (Å²) in [6, 6.07) is 12.3. The minimum Gasteiger partial charge on any atom is -0.336 e. The van der Waals surface area contributed by atoms with Crippen molar-refractivity contribution in [2.24, 2.45) is 0 Å². The van der Waals surface area contributed by atoms with E-state index in [2.05, 4.69) is 24.5 Å². The van der Waals surface area contributed by atoms with Crippen molar-refractivity contribution in [3.63, 3.8) is 0 Å². The Kier molecular flexibility index (Phi) is 3.44. The maximum absolute atomic E-state index is 13.5. The molecule has 21 heavy (non-hydrogen) atoms. The van der Waals surface area contributed by atoms with Gasteiger partial charge in [0.1, 0.15) is 5.82 Å². The topological polar surface area (TPSA) is 27.0 Å². The van der Waals surface area contributed by atoms with Crippen molar-refractivity contribution in [2.45, 2.75) is 11.8 Å². The minimum absolute atomic E-state index is 0.336. The van der Waals surface area contributed by atoms with E-state index in [0.717, 1.165) is 27.7 Å². The third-order valence-electron chi connectivity index (χ3n) is 3.51. The van der Waals surface area contributed by atoms with Crippen molar-refractivity contribution in [3.8, 4) is 17.2 Å². The third kappa shape index (κ3) is 2.30. The van der Waals surface area contributed by atoms with E-state index < -0.39 is 0 Å². The Labute approximate surface area is 127 Å². The molecule has 104 valence electrons. The Morgan fingerprint density at radius 2 is 2.10 bits per heavy atom. The maximum atomic E-state index is 13.5. The highest BCUT2D eigenvalue weighted by Gasteiger charge is 2.23. The lowest BCUT2D eigenvalue weighted by Gasteiger charge is -2.17. The van der Waals surface area contributed by atoms with Crippen LogP contribution < -0.4 is 4.90 Å². The standard InChI is InChI=1S/C17H13FN2S/c1-3-20-11(2)21-17-8-12(5-7-16(17)20)15-9-14(18)6-4-13(15)10-19/h4-9H,2-3H2,1H3. The van der Waals surface area contributed by atoms with E-state index in [4.69, 9.17) is 0 Å². The van der Waals surface area contributed by atoms with Gasteiger partial charge in [0.15, 0.2) is 0 Å². The Bertz CT molecular complexity index is 777. The van der Waals surface area contributed by atoms with Gasteiger partial charge < -0.3 is 4.90 Å². The highest BCUT2D eigenvalue weighted by molar-refractivity contribution is 8.03. The SMILES string of the molecule is C=C1Sc2cc(-c3cc(F)ccc3C#N)ccc2N1CC. The van der Waals surface area contributed by atoms with Gasteiger partial charge in [-0.25, -0.2) is 4.39 Å². The number of anilines is 1. The highest BCUT2D eigenvalue weighted by Crippen LogP contribution is 2.46. The molecule has 1 aliphatic rings. The molecule has 2 nitrogen and oxygen atoms in total. The third-order valence-corrected chi connectivity index (χ3v) is 4.51. The molecule has 1 aliphatic heterocycles. The van der Waals surface area contributed by atoms with Crippen LogP contribution in [0.5, 0.6) is 0 Å². The largest absolute Gasteiger partial charge is 0.336 e. The molecule has 0 N–H and O–H groups in total. The summed E-state index contributed by atoms with van der Waals surface area (Å²) < 4.78 is 13.5. The van der Waals surface area contributed by atoms with Gasteiger partial charge >= 0.3 is 0 Å². The number of nitrogens with zero attached hydrogens (tertiary/aromatic N) is 2. The predicted octanol–water partition coefficient (Wildman–Crippen LogP) is 4.77. The predicted molar refractivity (Wildman–Crippen MR) is 84.6 cm³/mol. The van der Waals surface area contributed by atoms with E-state index in [0.29, 0.717) is 11.1 Å².